The first-order chi connectivity index (χ1) is 18.8. The lowest BCUT2D eigenvalue weighted by Crippen LogP contribution is -2.14. The third-order valence-electron chi connectivity index (χ3n) is 7.86. The van der Waals surface area contributed by atoms with Gasteiger partial charge in [0, 0.05) is 22.4 Å². The van der Waals surface area contributed by atoms with Crippen LogP contribution in [0.2, 0.25) is 0 Å². The molecule has 39 heavy (non-hydrogen) atoms. The Morgan fingerprint density at radius 3 is 2.56 bits per heavy atom. The van der Waals surface area contributed by atoms with Gasteiger partial charge in [-0.1, -0.05) is 36.4 Å². The molecule has 0 aliphatic heterocycles. The van der Waals surface area contributed by atoms with Crippen molar-refractivity contribution in [2.24, 2.45) is 5.92 Å². The molecule has 202 valence electrons. The summed E-state index contributed by atoms with van der Waals surface area (Å²) in [5, 5.41) is 16.8. The number of rotatable bonds is 10. The molecule has 1 fully saturated rings. The Kier molecular flexibility index (Phi) is 7.58. The molecule has 0 radical (unpaired) electrons. The van der Waals surface area contributed by atoms with E-state index >= 15 is 0 Å². The highest BCUT2D eigenvalue weighted by Gasteiger charge is 2.32. The van der Waals surface area contributed by atoms with E-state index in [2.05, 4.69) is 28.8 Å². The fraction of sp³-hybridized carbons (Fsp3) is 0.333. The van der Waals surface area contributed by atoms with Crippen molar-refractivity contribution in [3.63, 3.8) is 0 Å². The zero-order valence-corrected chi connectivity index (χ0v) is 23.0. The third-order valence-corrected chi connectivity index (χ3v) is 7.86. The van der Waals surface area contributed by atoms with Crippen LogP contribution >= 0.6 is 0 Å². The summed E-state index contributed by atoms with van der Waals surface area (Å²) in [5.41, 5.74) is 5.72. The largest absolute Gasteiger partial charge is 0.478 e. The first-order valence-corrected chi connectivity index (χ1v) is 13.7. The zero-order chi connectivity index (χ0) is 27.7. The molecule has 5 rings (SSSR count). The van der Waals surface area contributed by atoms with E-state index in [-0.39, 0.29) is 17.0 Å². The third kappa shape index (κ3) is 5.48. The van der Waals surface area contributed by atoms with Crippen LogP contribution in [0.25, 0.3) is 22.3 Å². The van der Waals surface area contributed by atoms with Crippen molar-refractivity contribution in [2.45, 2.75) is 52.0 Å². The summed E-state index contributed by atoms with van der Waals surface area (Å²) in [6.45, 7) is 6.71. The molecule has 4 aromatic rings. The Morgan fingerprint density at radius 2 is 1.85 bits per heavy atom. The summed E-state index contributed by atoms with van der Waals surface area (Å²) in [4.78, 5) is 25.4. The van der Waals surface area contributed by atoms with Gasteiger partial charge in [-0.3, -0.25) is 4.79 Å². The molecule has 6 heteroatoms. The van der Waals surface area contributed by atoms with Gasteiger partial charge in [0.1, 0.15) is 11.3 Å². The summed E-state index contributed by atoms with van der Waals surface area (Å²) in [6, 6.07) is 18.9. The molecule has 1 aliphatic carbocycles. The highest BCUT2D eigenvalue weighted by Crippen LogP contribution is 2.45. The molecule has 1 saturated carbocycles. The van der Waals surface area contributed by atoms with Gasteiger partial charge in [-0.15, -0.1) is 0 Å². The average Bonchev–Trinajstić information content (AvgIpc) is 3.76. The van der Waals surface area contributed by atoms with Crippen LogP contribution in [0.15, 0.2) is 69.9 Å². The van der Waals surface area contributed by atoms with Crippen LogP contribution in [-0.4, -0.2) is 24.7 Å². The van der Waals surface area contributed by atoms with Gasteiger partial charge in [-0.25, -0.2) is 4.79 Å². The molecule has 1 aliphatic rings. The van der Waals surface area contributed by atoms with Crippen LogP contribution in [0.1, 0.15) is 70.8 Å². The van der Waals surface area contributed by atoms with E-state index in [4.69, 9.17) is 4.42 Å². The Morgan fingerprint density at radius 1 is 1.08 bits per heavy atom. The molecule has 2 unspecified atom stereocenters. The van der Waals surface area contributed by atoms with Crippen LogP contribution < -0.4 is 16.1 Å². The molecule has 0 bridgehead atoms. The normalized spacial score (nSPS) is 14.8. The van der Waals surface area contributed by atoms with Crippen LogP contribution in [-0.2, 0) is 0 Å². The summed E-state index contributed by atoms with van der Waals surface area (Å²) in [7, 11) is 1.99. The number of benzene rings is 3. The number of anilines is 1. The minimum Gasteiger partial charge on any atom is -0.478 e. The van der Waals surface area contributed by atoms with Crippen molar-refractivity contribution in [3.05, 3.63) is 98.7 Å². The van der Waals surface area contributed by atoms with Crippen molar-refractivity contribution in [1.29, 1.82) is 0 Å². The topological polar surface area (TPSA) is 91.6 Å². The maximum atomic E-state index is 13.7. The van der Waals surface area contributed by atoms with Crippen LogP contribution in [0, 0.1) is 19.8 Å². The summed E-state index contributed by atoms with van der Waals surface area (Å²) >= 11 is 0. The number of para-hydroxylation sites is 1. The SMILES string of the molecule is CNCCC(c1cccc(-c2oc3c(C(C)Nc4ccccc4C(=O)O)cc(C)cc3c(=O)c2C)c1)C1CC1. The molecule has 1 aromatic heterocycles. The van der Waals surface area contributed by atoms with Crippen molar-refractivity contribution >= 4 is 22.6 Å². The fourth-order valence-corrected chi connectivity index (χ4v) is 5.65. The highest BCUT2D eigenvalue weighted by molar-refractivity contribution is 5.94. The van der Waals surface area contributed by atoms with Crippen molar-refractivity contribution in [2.75, 3.05) is 18.9 Å². The molecule has 2 atom stereocenters. The molecule has 6 nitrogen and oxygen atoms in total. The zero-order valence-electron chi connectivity index (χ0n) is 23.0. The van der Waals surface area contributed by atoms with E-state index in [1.165, 1.54) is 18.4 Å². The number of carbonyl (C=O) groups is 1. The van der Waals surface area contributed by atoms with Gasteiger partial charge in [0.25, 0.3) is 0 Å². The van der Waals surface area contributed by atoms with E-state index in [0.29, 0.717) is 39.8 Å². The maximum Gasteiger partial charge on any atom is 0.337 e. The average molecular weight is 525 g/mol. The van der Waals surface area contributed by atoms with E-state index in [1.807, 2.05) is 46.0 Å². The quantitative estimate of drug-likeness (QED) is 0.206. The summed E-state index contributed by atoms with van der Waals surface area (Å²) in [5.74, 6) is 0.791. The van der Waals surface area contributed by atoms with Crippen molar-refractivity contribution in [3.8, 4) is 11.3 Å². The fourth-order valence-electron chi connectivity index (χ4n) is 5.65. The Labute approximate surface area is 229 Å². The summed E-state index contributed by atoms with van der Waals surface area (Å²) < 4.78 is 6.61. The number of hydrogen-bond donors (Lipinski definition) is 3. The number of hydrogen-bond acceptors (Lipinski definition) is 5. The van der Waals surface area contributed by atoms with Crippen LogP contribution in [0.5, 0.6) is 0 Å². The van der Waals surface area contributed by atoms with Crippen LogP contribution in [0.4, 0.5) is 5.69 Å². The van der Waals surface area contributed by atoms with Gasteiger partial charge in [0.05, 0.1) is 17.0 Å². The lowest BCUT2D eigenvalue weighted by molar-refractivity contribution is 0.0698. The first kappa shape index (κ1) is 26.7. The van der Waals surface area contributed by atoms with Crippen LogP contribution in [0.3, 0.4) is 0 Å². The lowest BCUT2D eigenvalue weighted by Gasteiger charge is -2.20. The highest BCUT2D eigenvalue weighted by atomic mass is 16.4. The number of fused-ring (bicyclic) bond motifs is 1. The van der Waals surface area contributed by atoms with Crippen molar-refractivity contribution in [1.82, 2.24) is 5.32 Å². The minimum atomic E-state index is -0.997. The molecule has 0 spiro atoms. The summed E-state index contributed by atoms with van der Waals surface area (Å²) in [6.07, 6.45) is 3.61. The molecule has 0 saturated heterocycles. The van der Waals surface area contributed by atoms with Crippen molar-refractivity contribution < 1.29 is 14.3 Å². The monoisotopic (exact) mass is 524 g/mol. The van der Waals surface area contributed by atoms with E-state index < -0.39 is 5.97 Å². The second-order valence-corrected chi connectivity index (χ2v) is 10.8. The van der Waals surface area contributed by atoms with Gasteiger partial charge in [0.2, 0.25) is 0 Å². The minimum absolute atomic E-state index is 0.0475. The van der Waals surface area contributed by atoms with Gasteiger partial charge in [-0.2, -0.15) is 0 Å². The number of aromatic carboxylic acids is 1. The van der Waals surface area contributed by atoms with Gasteiger partial charge < -0.3 is 20.2 Å². The number of nitrogens with one attached hydrogen (secondary N) is 2. The van der Waals surface area contributed by atoms with E-state index in [1.54, 1.807) is 24.3 Å². The van der Waals surface area contributed by atoms with Gasteiger partial charge >= 0.3 is 5.97 Å². The second kappa shape index (κ2) is 11.1. The maximum absolute atomic E-state index is 13.7. The molecule has 3 aromatic carbocycles. The second-order valence-electron chi connectivity index (χ2n) is 10.8. The number of aryl methyl sites for hydroxylation is 1. The molecule has 0 amide bonds. The standard InChI is InChI=1S/C33H36N2O4/c1-19-16-27(21(3)35-29-11-6-5-10-26(29)33(37)38)32-28(17-19)30(36)20(2)31(39-32)24-9-7-8-23(18-24)25(14-15-34-4)22-12-13-22/h5-11,16-18,21-22,25,34-35H,12-15H2,1-4H3,(H,37,38). The Bertz CT molecular complexity index is 1580. The Balaban J connectivity index is 1.60. The lowest BCUT2D eigenvalue weighted by atomic mass is 9.89. The predicted molar refractivity (Wildman–Crippen MR) is 157 cm³/mol. The Hall–Kier alpha value is -3.90. The van der Waals surface area contributed by atoms with Gasteiger partial charge in [0.15, 0.2) is 5.43 Å². The first-order valence-electron chi connectivity index (χ1n) is 13.7. The smallest absolute Gasteiger partial charge is 0.337 e. The molecule has 3 N–H and O–H groups in total. The predicted octanol–water partition coefficient (Wildman–Crippen LogP) is 7.05. The molecule has 1 heterocycles. The molecular weight excluding hydrogens is 488 g/mol. The van der Waals surface area contributed by atoms with E-state index in [9.17, 15) is 14.7 Å². The van der Waals surface area contributed by atoms with E-state index in [0.717, 1.165) is 29.7 Å². The van der Waals surface area contributed by atoms with Gasteiger partial charge in [-0.05, 0) is 101 Å². The number of carboxylic acid groups (broad SMARTS) is 1. The molecular formula is C33H36N2O4. The number of carboxylic acids is 1.